The van der Waals surface area contributed by atoms with Gasteiger partial charge in [-0.1, -0.05) is 59.7 Å². The van der Waals surface area contributed by atoms with Crippen LogP contribution in [0.5, 0.6) is 0 Å². The van der Waals surface area contributed by atoms with Crippen molar-refractivity contribution in [3.63, 3.8) is 0 Å². The minimum atomic E-state index is 0. The van der Waals surface area contributed by atoms with Gasteiger partial charge in [-0.25, -0.2) is 9.98 Å². The van der Waals surface area contributed by atoms with E-state index in [1.54, 1.807) is 0 Å². The molecule has 0 saturated heterocycles. The monoisotopic (exact) mass is 578 g/mol. The normalized spacial score (nSPS) is 24.3. The Labute approximate surface area is 210 Å². The Hall–Kier alpha value is -1.17. The van der Waals surface area contributed by atoms with Crippen LogP contribution < -0.4 is 34.0 Å². The van der Waals surface area contributed by atoms with Crippen molar-refractivity contribution in [3.8, 4) is 0 Å². The molecule has 0 fully saturated rings. The van der Waals surface area contributed by atoms with Crippen LogP contribution in [-0.4, -0.2) is 24.0 Å². The number of halogens is 2. The zero-order valence-corrected chi connectivity index (χ0v) is 21.6. The Morgan fingerprint density at radius 3 is 1.50 bits per heavy atom. The second kappa shape index (κ2) is 11.5. The maximum absolute atomic E-state index is 6.01. The number of aryl methyl sites for hydroxylation is 2. The van der Waals surface area contributed by atoms with Crippen molar-refractivity contribution >= 4 is 11.8 Å². The zero-order chi connectivity index (χ0) is 19.0. The Morgan fingerprint density at radius 2 is 1.13 bits per heavy atom. The molecule has 2 aromatic carbocycles. The van der Waals surface area contributed by atoms with Gasteiger partial charge in [0.15, 0.2) is 11.8 Å². The van der Waals surface area contributed by atoms with E-state index in [0.29, 0.717) is 18.2 Å². The van der Waals surface area contributed by atoms with E-state index in [1.165, 1.54) is 22.3 Å². The molecule has 0 amide bonds. The molecule has 2 heterocycles. The van der Waals surface area contributed by atoms with Crippen LogP contribution in [0, 0.1) is 13.8 Å². The van der Waals surface area contributed by atoms with E-state index in [9.17, 15) is 0 Å². The molecule has 7 heteroatoms. The molecule has 0 saturated carbocycles. The first kappa shape index (κ1) is 26.9. The number of hydrogen-bond donors (Lipinski definition) is 0. The van der Waals surface area contributed by atoms with E-state index in [1.807, 2.05) is 0 Å². The molecule has 2 unspecified atom stereocenters. The summed E-state index contributed by atoms with van der Waals surface area (Å²) in [6, 6.07) is 17.0. The molecule has 4 rings (SSSR count). The number of hydrogen-bond acceptors (Lipinski definition) is 4. The largest absolute Gasteiger partial charge is 2.00 e. The third kappa shape index (κ3) is 5.96. The minimum Gasteiger partial charge on any atom is -1.00 e. The first-order chi connectivity index (χ1) is 13.0. The quantitative estimate of drug-likeness (QED) is 0.441. The second-order valence-electron chi connectivity index (χ2n) is 7.59. The Balaban J connectivity index is 0.00000150. The number of ether oxygens (including phenoxy) is 2. The van der Waals surface area contributed by atoms with Crippen molar-refractivity contribution in [1.29, 1.82) is 0 Å². The van der Waals surface area contributed by atoms with Crippen LogP contribution in [0.4, 0.5) is 0 Å². The van der Waals surface area contributed by atoms with E-state index >= 15 is 0 Å². The molecule has 0 aromatic heterocycles. The van der Waals surface area contributed by atoms with E-state index in [-0.39, 0.29) is 74.7 Å². The molecule has 0 radical (unpaired) electrons. The van der Waals surface area contributed by atoms with Gasteiger partial charge in [0.2, 0.25) is 0 Å². The summed E-state index contributed by atoms with van der Waals surface area (Å²) in [5.74, 6) is 1.43. The van der Waals surface area contributed by atoms with Gasteiger partial charge in [0.05, 0.1) is 6.42 Å². The molecule has 2 aliphatic rings. The Bertz CT molecular complexity index is 846. The maximum atomic E-state index is 6.01. The van der Waals surface area contributed by atoms with Crippen molar-refractivity contribution in [3.05, 3.63) is 70.8 Å². The van der Waals surface area contributed by atoms with Crippen LogP contribution >= 0.6 is 0 Å². The minimum absolute atomic E-state index is 0. The van der Waals surface area contributed by atoms with E-state index in [0.717, 1.165) is 0 Å². The summed E-state index contributed by atoms with van der Waals surface area (Å²) in [5.41, 5.74) is 4.86. The topological polar surface area (TPSA) is 43.2 Å². The van der Waals surface area contributed by atoms with Crippen LogP contribution in [0.15, 0.2) is 58.5 Å². The molecule has 164 valence electrons. The molecule has 4 atom stereocenters. The van der Waals surface area contributed by atoms with Gasteiger partial charge in [-0.05, 0) is 38.8 Å². The van der Waals surface area contributed by atoms with Gasteiger partial charge in [0.25, 0.3) is 0 Å². The second-order valence-corrected chi connectivity index (χ2v) is 7.59. The molecule has 0 aliphatic carbocycles. The third-order valence-electron chi connectivity index (χ3n) is 5.17. The van der Waals surface area contributed by atoms with Crippen molar-refractivity contribution < 1.29 is 59.9 Å². The number of benzene rings is 2. The summed E-state index contributed by atoms with van der Waals surface area (Å²) in [4.78, 5) is 9.63. The molecular formula is C23H26Br2N2NiO2. The van der Waals surface area contributed by atoms with Crippen LogP contribution in [0.2, 0.25) is 0 Å². The number of nitrogens with zero attached hydrogens (tertiary/aromatic N) is 2. The summed E-state index contributed by atoms with van der Waals surface area (Å²) in [6.45, 7) is 8.34. The van der Waals surface area contributed by atoms with Crippen molar-refractivity contribution in [2.45, 2.75) is 58.4 Å². The zero-order valence-electron chi connectivity index (χ0n) is 17.4. The van der Waals surface area contributed by atoms with Crippen molar-refractivity contribution in [1.82, 2.24) is 0 Å². The van der Waals surface area contributed by atoms with E-state index < -0.39 is 0 Å². The van der Waals surface area contributed by atoms with Gasteiger partial charge in [0.1, 0.15) is 24.3 Å². The van der Waals surface area contributed by atoms with Gasteiger partial charge in [-0.2, -0.15) is 0 Å². The molecule has 0 N–H and O–H groups in total. The molecule has 4 nitrogen and oxygen atoms in total. The summed E-state index contributed by atoms with van der Waals surface area (Å²) in [5, 5.41) is 0. The van der Waals surface area contributed by atoms with E-state index in [2.05, 4.69) is 76.2 Å². The fourth-order valence-electron chi connectivity index (χ4n) is 3.84. The SMILES string of the molecule is Cc1cccc([C@H]2N=C(CC3=N[C@H](c4cccc(C)c4)C(C)O3)OC2C)c1.[Br-].[Br-].[Ni+2]. The molecule has 30 heavy (non-hydrogen) atoms. The van der Waals surface area contributed by atoms with Gasteiger partial charge >= 0.3 is 16.5 Å². The van der Waals surface area contributed by atoms with Gasteiger partial charge in [-0.15, -0.1) is 0 Å². The number of aliphatic imine (C=N–C) groups is 2. The van der Waals surface area contributed by atoms with Gasteiger partial charge in [0, 0.05) is 0 Å². The average Bonchev–Trinajstić information content (AvgIpc) is 3.17. The molecule has 0 spiro atoms. The summed E-state index contributed by atoms with van der Waals surface area (Å²) < 4.78 is 12.0. The van der Waals surface area contributed by atoms with Gasteiger partial charge < -0.3 is 43.4 Å². The summed E-state index contributed by atoms with van der Waals surface area (Å²) >= 11 is 0. The molecule has 2 aromatic rings. The Kier molecular flexibility index (Phi) is 10.3. The predicted molar refractivity (Wildman–Crippen MR) is 108 cm³/mol. The fraction of sp³-hybridized carbons (Fsp3) is 0.391. The predicted octanol–water partition coefficient (Wildman–Crippen LogP) is -0.884. The third-order valence-corrected chi connectivity index (χ3v) is 5.17. The summed E-state index contributed by atoms with van der Waals surface area (Å²) in [6.07, 6.45) is 0.557. The first-order valence-electron chi connectivity index (χ1n) is 9.59. The van der Waals surface area contributed by atoms with Crippen molar-refractivity contribution in [2.24, 2.45) is 9.98 Å². The fourth-order valence-corrected chi connectivity index (χ4v) is 3.84. The standard InChI is InChI=1S/C23H26N2O2.2BrH.Ni/c1-14-7-5-9-18(11-14)22-16(3)26-20(24-22)13-21-25-23(17(4)27-21)19-10-6-8-15(2)12-19;;;/h5-12,16-17,22-23H,13H2,1-4H3;2*1H;/q;;;+2/p-2/t16?,17?,22-,23-;;;/m0.../s1. The van der Waals surface area contributed by atoms with Crippen LogP contribution in [0.3, 0.4) is 0 Å². The van der Waals surface area contributed by atoms with Crippen LogP contribution in [0.25, 0.3) is 0 Å². The van der Waals surface area contributed by atoms with Crippen LogP contribution in [0.1, 0.15) is 54.6 Å². The molecule has 0 bridgehead atoms. The molecular weight excluding hydrogens is 555 g/mol. The Morgan fingerprint density at radius 1 is 0.733 bits per heavy atom. The summed E-state index contributed by atoms with van der Waals surface area (Å²) in [7, 11) is 0. The van der Waals surface area contributed by atoms with Gasteiger partial charge in [-0.3, -0.25) is 0 Å². The van der Waals surface area contributed by atoms with E-state index in [4.69, 9.17) is 19.5 Å². The van der Waals surface area contributed by atoms with Crippen molar-refractivity contribution in [2.75, 3.05) is 0 Å². The maximum Gasteiger partial charge on any atom is 2.00 e. The first-order valence-corrected chi connectivity index (χ1v) is 9.59. The number of rotatable bonds is 4. The molecule has 2 aliphatic heterocycles. The smallest absolute Gasteiger partial charge is 1.00 e. The average molecular weight is 581 g/mol. The van der Waals surface area contributed by atoms with Crippen LogP contribution in [-0.2, 0) is 26.0 Å².